The average Bonchev–Trinajstić information content (AvgIpc) is 4.04. The molecule has 0 unspecified atom stereocenters. The average molecular weight is 925 g/mol. The number of carbonyl (C=O) groups is 9. The van der Waals surface area contributed by atoms with Crippen molar-refractivity contribution in [3.63, 3.8) is 0 Å². The standard InChI is InChI=1S/C39H57N8O16P/c1-21(2)31(44-33(52)25(19-48)42-32(51)23(40)17-22-9-4-3-5-10-22)38(57)47-16-8-13-29(47)37(56)46-15-7-12-28(46)35(54)43-26(20-63-64(60,61)62)36(55)45-14-6-11-27(45)34(53)41-24(39(58)59)18-30(49)50/h3-5,9-10,21,23-29,31,48H,6-8,11-20,40H2,1-2H3,(H,41,53)(H,42,51)(H,43,54)(H,44,52)(H,49,50)(H,58,59)(H2,60,61,62)/t23-,24-,25-,26-,27-,28-,29-,31-/m0/s1. The summed E-state index contributed by atoms with van der Waals surface area (Å²) in [6, 6.07) is -2.16. The van der Waals surface area contributed by atoms with Gasteiger partial charge in [0.25, 0.3) is 0 Å². The van der Waals surface area contributed by atoms with Crippen molar-refractivity contribution in [2.45, 2.75) is 114 Å². The van der Waals surface area contributed by atoms with Gasteiger partial charge in [0.05, 0.1) is 25.7 Å². The number of aliphatic carboxylic acids is 2. The molecule has 24 nitrogen and oxygen atoms in total. The van der Waals surface area contributed by atoms with Crippen LogP contribution in [0.2, 0.25) is 0 Å². The van der Waals surface area contributed by atoms with Crippen LogP contribution >= 0.6 is 7.82 Å². The summed E-state index contributed by atoms with van der Waals surface area (Å²) in [5, 5.41) is 37.9. The third-order valence-corrected chi connectivity index (χ3v) is 11.7. The Balaban J connectivity index is 1.45. The topological polar surface area (TPSA) is 365 Å². The van der Waals surface area contributed by atoms with Gasteiger partial charge in [-0.3, -0.25) is 42.9 Å². The summed E-state index contributed by atoms with van der Waals surface area (Å²) in [4.78, 5) is 140. The number of carbonyl (C=O) groups excluding carboxylic acids is 7. The number of amides is 7. The molecule has 3 saturated heterocycles. The van der Waals surface area contributed by atoms with Crippen molar-refractivity contribution >= 4 is 61.1 Å². The molecular weight excluding hydrogens is 867 g/mol. The summed E-state index contributed by atoms with van der Waals surface area (Å²) in [5.74, 6) is -9.50. The summed E-state index contributed by atoms with van der Waals surface area (Å²) in [7, 11) is -5.24. The molecule has 1 aromatic rings. The van der Waals surface area contributed by atoms with E-state index in [1.807, 2.05) is 0 Å². The molecule has 64 heavy (non-hydrogen) atoms. The highest BCUT2D eigenvalue weighted by atomic mass is 31.2. The number of phosphoric ester groups is 1. The molecule has 1 aromatic carbocycles. The van der Waals surface area contributed by atoms with E-state index in [4.69, 9.17) is 10.8 Å². The molecule has 3 aliphatic rings. The molecule has 7 amide bonds. The van der Waals surface area contributed by atoms with Crippen LogP contribution in [0.5, 0.6) is 0 Å². The number of nitrogens with one attached hydrogen (secondary N) is 4. The van der Waals surface area contributed by atoms with Crippen molar-refractivity contribution < 1.29 is 77.3 Å². The van der Waals surface area contributed by atoms with E-state index in [0.717, 1.165) is 10.5 Å². The smallest absolute Gasteiger partial charge is 0.469 e. The third-order valence-electron chi connectivity index (χ3n) is 11.2. The molecule has 0 aromatic heterocycles. The maximum absolute atomic E-state index is 14.2. The van der Waals surface area contributed by atoms with Gasteiger partial charge in [-0.2, -0.15) is 0 Å². The number of nitrogens with zero attached hydrogens (tertiary/aromatic N) is 3. The zero-order valence-electron chi connectivity index (χ0n) is 35.4. The highest BCUT2D eigenvalue weighted by Crippen LogP contribution is 2.36. The first-order valence-electron chi connectivity index (χ1n) is 20.8. The first-order chi connectivity index (χ1) is 30.1. The lowest BCUT2D eigenvalue weighted by Gasteiger charge is -2.34. The van der Waals surface area contributed by atoms with Gasteiger partial charge in [0.15, 0.2) is 0 Å². The highest BCUT2D eigenvalue weighted by molar-refractivity contribution is 7.46. The molecule has 3 fully saturated rings. The quantitative estimate of drug-likeness (QED) is 0.0542. The maximum Gasteiger partial charge on any atom is 0.469 e. The lowest BCUT2D eigenvalue weighted by Crippen LogP contribution is -2.61. The van der Waals surface area contributed by atoms with E-state index in [2.05, 4.69) is 25.8 Å². The Labute approximate surface area is 367 Å². The number of hydrogen-bond acceptors (Lipinski definition) is 13. The fraction of sp³-hybridized carbons (Fsp3) is 0.615. The maximum atomic E-state index is 14.2. The monoisotopic (exact) mass is 924 g/mol. The normalized spacial score (nSPS) is 21.0. The minimum atomic E-state index is -5.24. The van der Waals surface area contributed by atoms with Gasteiger partial charge in [-0.05, 0) is 56.4 Å². The Morgan fingerprint density at radius 1 is 0.734 bits per heavy atom. The minimum absolute atomic E-state index is 0.00232. The van der Waals surface area contributed by atoms with Crippen LogP contribution in [0.1, 0.15) is 64.4 Å². The Morgan fingerprint density at radius 3 is 1.80 bits per heavy atom. The molecule has 0 aliphatic carbocycles. The fourth-order valence-electron chi connectivity index (χ4n) is 7.92. The van der Waals surface area contributed by atoms with Crippen LogP contribution in [0.15, 0.2) is 30.3 Å². The number of aliphatic hydroxyl groups excluding tert-OH is 1. The number of likely N-dealkylation sites (tertiary alicyclic amines) is 3. The Morgan fingerprint density at radius 2 is 1.27 bits per heavy atom. The Kier molecular flexibility index (Phi) is 18.3. The van der Waals surface area contributed by atoms with Crippen molar-refractivity contribution in [2.75, 3.05) is 32.8 Å². The van der Waals surface area contributed by atoms with E-state index in [9.17, 15) is 67.7 Å². The molecule has 25 heteroatoms. The number of aliphatic hydroxyl groups is 1. The predicted octanol–water partition coefficient (Wildman–Crippen LogP) is -3.21. The second-order valence-corrected chi connectivity index (χ2v) is 17.4. The van der Waals surface area contributed by atoms with Crippen LogP contribution in [0, 0.1) is 5.92 Å². The van der Waals surface area contributed by atoms with Crippen molar-refractivity contribution in [3.8, 4) is 0 Å². The number of carboxylic acid groups (broad SMARTS) is 2. The predicted molar refractivity (Wildman–Crippen MR) is 220 cm³/mol. The van der Waals surface area contributed by atoms with Crippen molar-refractivity contribution in [1.29, 1.82) is 0 Å². The Hall–Kier alpha value is -5.52. The number of benzene rings is 1. The van der Waals surface area contributed by atoms with E-state index in [-0.39, 0.29) is 51.7 Å². The van der Waals surface area contributed by atoms with Crippen LogP contribution in [-0.2, 0) is 58.7 Å². The van der Waals surface area contributed by atoms with E-state index < -0.39 is 135 Å². The zero-order chi connectivity index (χ0) is 47.5. The largest absolute Gasteiger partial charge is 0.481 e. The summed E-state index contributed by atoms with van der Waals surface area (Å²) in [6.07, 6.45) is 0.370. The Bertz CT molecular complexity index is 1950. The van der Waals surface area contributed by atoms with Crippen LogP contribution in [0.3, 0.4) is 0 Å². The van der Waals surface area contributed by atoms with Crippen molar-refractivity contribution in [2.24, 2.45) is 11.7 Å². The molecule has 8 atom stereocenters. The van der Waals surface area contributed by atoms with Gasteiger partial charge in [0.2, 0.25) is 41.4 Å². The fourth-order valence-corrected chi connectivity index (χ4v) is 8.26. The second-order valence-electron chi connectivity index (χ2n) is 16.2. The number of carboxylic acids is 2. The number of nitrogens with two attached hydrogens (primary N) is 1. The van der Waals surface area contributed by atoms with Gasteiger partial charge in [0.1, 0.15) is 42.3 Å². The first kappa shape index (κ1) is 51.1. The second kappa shape index (κ2) is 22.9. The molecule has 0 radical (unpaired) electrons. The van der Waals surface area contributed by atoms with Crippen LogP contribution < -0.4 is 27.0 Å². The number of phosphoric acid groups is 1. The van der Waals surface area contributed by atoms with Crippen LogP contribution in [0.4, 0.5) is 0 Å². The minimum Gasteiger partial charge on any atom is -0.481 e. The summed E-state index contributed by atoms with van der Waals surface area (Å²) >= 11 is 0. The molecule has 11 N–H and O–H groups in total. The van der Waals surface area contributed by atoms with Gasteiger partial charge in [0, 0.05) is 19.6 Å². The molecule has 3 aliphatic heterocycles. The van der Waals surface area contributed by atoms with Crippen molar-refractivity contribution in [3.05, 3.63) is 35.9 Å². The lowest BCUT2D eigenvalue weighted by atomic mass is 10.0. The first-order valence-corrected chi connectivity index (χ1v) is 22.3. The van der Waals surface area contributed by atoms with Crippen LogP contribution in [-0.4, -0.2) is 174 Å². The highest BCUT2D eigenvalue weighted by Gasteiger charge is 2.46. The van der Waals surface area contributed by atoms with Gasteiger partial charge >= 0.3 is 19.8 Å². The summed E-state index contributed by atoms with van der Waals surface area (Å²) in [5.41, 5.74) is 6.83. The van der Waals surface area contributed by atoms with Gasteiger partial charge in [-0.25, -0.2) is 9.36 Å². The number of rotatable bonds is 21. The molecule has 0 spiro atoms. The van der Waals surface area contributed by atoms with Gasteiger partial charge in [-0.1, -0.05) is 44.2 Å². The molecule has 354 valence electrons. The summed E-state index contributed by atoms with van der Waals surface area (Å²) < 4.78 is 16.3. The molecule has 0 bridgehead atoms. The van der Waals surface area contributed by atoms with Gasteiger partial charge in [-0.15, -0.1) is 0 Å². The van der Waals surface area contributed by atoms with Crippen LogP contribution in [0.25, 0.3) is 0 Å². The zero-order valence-corrected chi connectivity index (χ0v) is 36.3. The molecule has 4 rings (SSSR count). The van der Waals surface area contributed by atoms with E-state index in [0.29, 0.717) is 12.8 Å². The molecular formula is C39H57N8O16P. The van der Waals surface area contributed by atoms with E-state index >= 15 is 0 Å². The summed E-state index contributed by atoms with van der Waals surface area (Å²) in [6.45, 7) is 1.46. The lowest BCUT2D eigenvalue weighted by molar-refractivity contribution is -0.149. The third kappa shape index (κ3) is 13.7. The molecule has 3 heterocycles. The SMILES string of the molecule is CC(C)[C@H](NC(=O)[C@H](CO)NC(=O)[C@@H](N)Cc1ccccc1)C(=O)N1CCC[C@H]1C(=O)N1CCC[C@H]1C(=O)N[C@@H](COP(=O)(O)O)C(=O)N1CCC[C@H]1C(=O)N[C@@H](CC(=O)O)C(=O)O. The van der Waals surface area contributed by atoms with Crippen molar-refractivity contribution in [1.82, 2.24) is 36.0 Å². The number of hydrogen-bond donors (Lipinski definition) is 10. The van der Waals surface area contributed by atoms with E-state index in [1.165, 1.54) is 9.80 Å². The van der Waals surface area contributed by atoms with Gasteiger partial charge < -0.3 is 66.8 Å². The van der Waals surface area contributed by atoms with E-state index in [1.54, 1.807) is 44.2 Å². The molecule has 0 saturated carbocycles.